The summed E-state index contributed by atoms with van der Waals surface area (Å²) in [6.45, 7) is 2.19. The van der Waals surface area contributed by atoms with E-state index < -0.39 is 0 Å². The van der Waals surface area contributed by atoms with Crippen LogP contribution in [0, 0.1) is 0 Å². The van der Waals surface area contributed by atoms with E-state index in [1.165, 1.54) is 38.3 Å². The molecule has 3 aliphatic rings. The second-order valence-corrected chi connectivity index (χ2v) is 9.14. The van der Waals surface area contributed by atoms with E-state index in [1.54, 1.807) is 11.3 Å². The van der Waals surface area contributed by atoms with Crippen molar-refractivity contribution >= 4 is 28.3 Å². The van der Waals surface area contributed by atoms with Crippen LogP contribution < -0.4 is 0 Å². The highest BCUT2D eigenvalue weighted by atomic mass is 32.1. The van der Waals surface area contributed by atoms with E-state index in [4.69, 9.17) is 0 Å². The first-order chi connectivity index (χ1) is 14.2. The van der Waals surface area contributed by atoms with E-state index in [-0.39, 0.29) is 0 Å². The van der Waals surface area contributed by atoms with Crippen molar-refractivity contribution < 1.29 is 4.79 Å². The van der Waals surface area contributed by atoms with Gasteiger partial charge in [-0.3, -0.25) is 4.79 Å². The number of rotatable bonds is 3. The molecule has 0 amide bonds. The van der Waals surface area contributed by atoms with E-state index in [2.05, 4.69) is 79.8 Å². The maximum atomic E-state index is 12.7. The highest BCUT2D eigenvalue weighted by molar-refractivity contribution is 7.15. The SMILES string of the molecule is CC1=C/C=C(c2cc3c(s2)C(=O)CCC3c2ccc(C3=CC=C3)cc2)\C=C/CC1. The molecule has 3 aliphatic carbocycles. The van der Waals surface area contributed by atoms with Gasteiger partial charge in [-0.15, -0.1) is 11.3 Å². The smallest absolute Gasteiger partial charge is 0.173 e. The molecule has 0 radical (unpaired) electrons. The first-order valence-electron chi connectivity index (χ1n) is 10.4. The van der Waals surface area contributed by atoms with Crippen LogP contribution in [-0.2, 0) is 0 Å². The van der Waals surface area contributed by atoms with Gasteiger partial charge in [0, 0.05) is 17.2 Å². The monoisotopic (exact) mass is 396 g/mol. The van der Waals surface area contributed by atoms with Crippen LogP contribution in [0.2, 0.25) is 0 Å². The minimum absolute atomic E-state index is 0.302. The third-order valence-corrected chi connectivity index (χ3v) is 7.32. The van der Waals surface area contributed by atoms with Gasteiger partial charge in [0.05, 0.1) is 4.88 Å². The van der Waals surface area contributed by atoms with Crippen LogP contribution in [0.25, 0.3) is 11.1 Å². The summed E-state index contributed by atoms with van der Waals surface area (Å²) in [7, 11) is 0. The lowest BCUT2D eigenvalue weighted by atomic mass is 9.81. The fourth-order valence-electron chi connectivity index (χ4n) is 4.26. The summed E-state index contributed by atoms with van der Waals surface area (Å²) in [5.74, 6) is 0.610. The second kappa shape index (κ2) is 7.61. The first-order valence-corrected chi connectivity index (χ1v) is 11.2. The molecule has 1 heterocycles. The predicted molar refractivity (Wildman–Crippen MR) is 123 cm³/mol. The molecule has 1 aromatic carbocycles. The number of ketones is 1. The zero-order valence-corrected chi connectivity index (χ0v) is 17.5. The van der Waals surface area contributed by atoms with Crippen molar-refractivity contribution in [2.24, 2.45) is 0 Å². The third kappa shape index (κ3) is 3.54. The molecule has 2 aromatic rings. The molecule has 2 heteroatoms. The van der Waals surface area contributed by atoms with Crippen LogP contribution in [0.5, 0.6) is 0 Å². The average molecular weight is 397 g/mol. The number of carbonyl (C=O) groups is 1. The molecular weight excluding hydrogens is 372 g/mol. The molecule has 0 aliphatic heterocycles. The standard InChI is InChI=1S/C27H24OS/c1-18-5-2-3-6-22(10-9-18)26-17-24-23(15-16-25(28)27(24)29-26)21-13-11-20(12-14-21)19-7-4-8-19/h3-4,6-14,17,23H,2,5,15-16H2,1H3/b6-3-,18-9?,22-10+. The number of hydrogen-bond donors (Lipinski definition) is 0. The van der Waals surface area contributed by atoms with Crippen molar-refractivity contribution in [3.63, 3.8) is 0 Å². The van der Waals surface area contributed by atoms with Gasteiger partial charge in [0.1, 0.15) is 0 Å². The second-order valence-electron chi connectivity index (χ2n) is 8.09. The van der Waals surface area contributed by atoms with Gasteiger partial charge in [-0.25, -0.2) is 0 Å². The highest BCUT2D eigenvalue weighted by Crippen LogP contribution is 2.43. The number of benzene rings is 1. The zero-order valence-electron chi connectivity index (χ0n) is 16.7. The summed E-state index contributed by atoms with van der Waals surface area (Å²) >= 11 is 1.67. The predicted octanol–water partition coefficient (Wildman–Crippen LogP) is 7.49. The minimum Gasteiger partial charge on any atom is -0.293 e. The summed E-state index contributed by atoms with van der Waals surface area (Å²) in [6, 6.07) is 11.2. The summed E-state index contributed by atoms with van der Waals surface area (Å²) < 4.78 is 0. The van der Waals surface area contributed by atoms with E-state index in [1.807, 2.05) is 0 Å². The lowest BCUT2D eigenvalue weighted by Gasteiger charge is -2.22. The summed E-state index contributed by atoms with van der Waals surface area (Å²) in [6.07, 6.45) is 19.0. The van der Waals surface area contributed by atoms with Gasteiger partial charge >= 0.3 is 0 Å². The number of fused-ring (bicyclic) bond motifs is 1. The molecule has 1 unspecified atom stereocenters. The summed E-state index contributed by atoms with van der Waals surface area (Å²) in [4.78, 5) is 14.8. The van der Waals surface area contributed by atoms with E-state index in [0.29, 0.717) is 18.1 Å². The fraction of sp³-hybridized carbons (Fsp3) is 0.222. The summed E-state index contributed by atoms with van der Waals surface area (Å²) in [5, 5.41) is 0. The lowest BCUT2D eigenvalue weighted by molar-refractivity contribution is 0.0974. The van der Waals surface area contributed by atoms with Gasteiger partial charge < -0.3 is 0 Å². The van der Waals surface area contributed by atoms with Gasteiger partial charge in [0.25, 0.3) is 0 Å². The molecule has 1 aromatic heterocycles. The van der Waals surface area contributed by atoms with Crippen LogP contribution in [-0.4, -0.2) is 5.78 Å². The Morgan fingerprint density at radius 3 is 2.55 bits per heavy atom. The van der Waals surface area contributed by atoms with Crippen molar-refractivity contribution in [3.05, 3.63) is 105 Å². The number of thiophene rings is 1. The minimum atomic E-state index is 0.302. The van der Waals surface area contributed by atoms with Crippen molar-refractivity contribution in [2.75, 3.05) is 0 Å². The Bertz CT molecular complexity index is 1120. The third-order valence-electron chi connectivity index (χ3n) is 6.08. The molecular formula is C27H24OS. The van der Waals surface area contributed by atoms with E-state index in [9.17, 15) is 4.79 Å². The maximum Gasteiger partial charge on any atom is 0.173 e. The Morgan fingerprint density at radius 1 is 0.966 bits per heavy atom. The first kappa shape index (κ1) is 18.3. The Labute approximate surface area is 176 Å². The Kier molecular flexibility index (Phi) is 4.81. The van der Waals surface area contributed by atoms with Crippen molar-refractivity contribution in [1.82, 2.24) is 0 Å². The van der Waals surface area contributed by atoms with Crippen LogP contribution in [0.3, 0.4) is 0 Å². The number of hydrogen-bond acceptors (Lipinski definition) is 2. The Hall–Kier alpha value is -2.71. The van der Waals surface area contributed by atoms with Gasteiger partial charge in [-0.1, -0.05) is 72.4 Å². The van der Waals surface area contributed by atoms with Gasteiger partial charge in [0.15, 0.2) is 5.78 Å². The van der Waals surface area contributed by atoms with Gasteiger partial charge in [-0.05, 0) is 60.1 Å². The molecule has 144 valence electrons. The molecule has 1 atom stereocenters. The van der Waals surface area contributed by atoms with Gasteiger partial charge in [-0.2, -0.15) is 0 Å². The Balaban J connectivity index is 1.50. The average Bonchev–Trinajstić information content (AvgIpc) is 3.11. The van der Waals surface area contributed by atoms with Crippen LogP contribution in [0.1, 0.15) is 69.8 Å². The molecule has 0 saturated heterocycles. The largest absolute Gasteiger partial charge is 0.293 e. The Morgan fingerprint density at radius 2 is 1.79 bits per heavy atom. The van der Waals surface area contributed by atoms with Crippen LogP contribution in [0.4, 0.5) is 0 Å². The number of Topliss-reactive ketones (excluding diaryl/α,β-unsaturated/α-hetero) is 1. The van der Waals surface area contributed by atoms with Crippen molar-refractivity contribution in [1.29, 1.82) is 0 Å². The topological polar surface area (TPSA) is 17.1 Å². The number of carbonyl (C=O) groups excluding carboxylic acids is 1. The molecule has 1 nitrogen and oxygen atoms in total. The molecule has 0 spiro atoms. The van der Waals surface area contributed by atoms with Crippen molar-refractivity contribution in [2.45, 2.75) is 38.5 Å². The fourth-order valence-corrected chi connectivity index (χ4v) is 5.46. The lowest BCUT2D eigenvalue weighted by Crippen LogP contribution is -2.14. The molecule has 29 heavy (non-hydrogen) atoms. The molecule has 0 N–H and O–H groups in total. The quantitative estimate of drug-likeness (QED) is 0.525. The number of allylic oxidation sites excluding steroid dienone is 10. The van der Waals surface area contributed by atoms with Crippen LogP contribution in [0.15, 0.2) is 78.4 Å². The van der Waals surface area contributed by atoms with Crippen molar-refractivity contribution in [3.8, 4) is 0 Å². The maximum absolute atomic E-state index is 12.7. The van der Waals surface area contributed by atoms with E-state index >= 15 is 0 Å². The zero-order chi connectivity index (χ0) is 19.8. The normalized spacial score (nSPS) is 23.7. The van der Waals surface area contributed by atoms with Gasteiger partial charge in [0.2, 0.25) is 0 Å². The molecule has 0 saturated carbocycles. The molecule has 5 rings (SSSR count). The molecule has 0 bridgehead atoms. The highest BCUT2D eigenvalue weighted by Gasteiger charge is 2.29. The molecule has 0 fully saturated rings. The van der Waals surface area contributed by atoms with Crippen LogP contribution >= 0.6 is 11.3 Å². The summed E-state index contributed by atoms with van der Waals surface area (Å²) in [5.41, 5.74) is 7.71. The van der Waals surface area contributed by atoms with E-state index in [0.717, 1.165) is 24.1 Å².